The van der Waals surface area contributed by atoms with Crippen molar-refractivity contribution in [3.05, 3.63) is 35.4 Å². The molecule has 21 heavy (non-hydrogen) atoms. The summed E-state index contributed by atoms with van der Waals surface area (Å²) in [4.78, 5) is 23.8. The molecule has 1 amide bonds. The van der Waals surface area contributed by atoms with E-state index in [9.17, 15) is 9.59 Å². The fourth-order valence-electron chi connectivity index (χ4n) is 2.85. The van der Waals surface area contributed by atoms with Crippen LogP contribution in [-0.4, -0.2) is 23.5 Å². The van der Waals surface area contributed by atoms with Crippen molar-refractivity contribution in [3.63, 3.8) is 0 Å². The Labute approximate surface area is 125 Å². The Morgan fingerprint density at radius 1 is 1.33 bits per heavy atom. The average Bonchev–Trinajstić information content (AvgIpc) is 2.45. The molecular weight excluding hydrogens is 266 g/mol. The summed E-state index contributed by atoms with van der Waals surface area (Å²) in [6.07, 6.45) is 2.77. The van der Waals surface area contributed by atoms with E-state index in [4.69, 9.17) is 5.11 Å². The Kier molecular flexibility index (Phi) is 4.08. The largest absolute Gasteiger partial charge is 0.481 e. The number of hydrogen-bond donors (Lipinski definition) is 2. The van der Waals surface area contributed by atoms with E-state index in [1.54, 1.807) is 13.8 Å². The van der Waals surface area contributed by atoms with Crippen molar-refractivity contribution in [2.24, 2.45) is 5.41 Å². The summed E-state index contributed by atoms with van der Waals surface area (Å²) >= 11 is 0. The molecule has 4 nitrogen and oxygen atoms in total. The van der Waals surface area contributed by atoms with Crippen molar-refractivity contribution in [2.75, 3.05) is 6.54 Å². The first-order valence-corrected chi connectivity index (χ1v) is 7.37. The number of nitrogens with one attached hydrogen (secondary N) is 1. The summed E-state index contributed by atoms with van der Waals surface area (Å²) in [6, 6.07) is 8.03. The van der Waals surface area contributed by atoms with Crippen molar-refractivity contribution in [2.45, 2.75) is 45.4 Å². The molecule has 2 N–H and O–H groups in total. The molecule has 1 aromatic rings. The molecule has 0 saturated heterocycles. The Balaban J connectivity index is 2.18. The van der Waals surface area contributed by atoms with Gasteiger partial charge in [-0.25, -0.2) is 0 Å². The molecule has 4 heteroatoms. The van der Waals surface area contributed by atoms with E-state index in [1.807, 2.05) is 25.1 Å². The van der Waals surface area contributed by atoms with Gasteiger partial charge in [0, 0.05) is 6.54 Å². The van der Waals surface area contributed by atoms with Crippen LogP contribution in [0.15, 0.2) is 24.3 Å². The summed E-state index contributed by atoms with van der Waals surface area (Å²) in [7, 11) is 0. The maximum absolute atomic E-state index is 12.6. The van der Waals surface area contributed by atoms with Crippen LogP contribution in [0.1, 0.15) is 44.7 Å². The average molecular weight is 289 g/mol. The number of fused-ring (bicyclic) bond motifs is 1. The fourth-order valence-corrected chi connectivity index (χ4v) is 2.85. The summed E-state index contributed by atoms with van der Waals surface area (Å²) in [5.74, 6) is -0.985. The van der Waals surface area contributed by atoms with Crippen molar-refractivity contribution in [1.29, 1.82) is 0 Å². The molecule has 0 bridgehead atoms. The standard InChI is InChI=1S/C17H23NO3/c1-16(2,15(20)21)11-18-14(19)17(3)10-6-8-12-7-4-5-9-13(12)17/h4-5,7,9H,6,8,10-11H2,1-3H3,(H,18,19)(H,20,21). The lowest BCUT2D eigenvalue weighted by Gasteiger charge is -2.35. The van der Waals surface area contributed by atoms with Crippen LogP contribution in [0, 0.1) is 5.41 Å². The Hall–Kier alpha value is -1.84. The van der Waals surface area contributed by atoms with Gasteiger partial charge < -0.3 is 10.4 Å². The third-order valence-corrected chi connectivity index (χ3v) is 4.51. The van der Waals surface area contributed by atoms with Crippen LogP contribution in [0.2, 0.25) is 0 Å². The SMILES string of the molecule is CC(C)(CNC(=O)C1(C)CCCc2ccccc21)C(=O)O. The first kappa shape index (κ1) is 15.5. The van der Waals surface area contributed by atoms with Gasteiger partial charge in [-0.2, -0.15) is 0 Å². The molecule has 0 heterocycles. The summed E-state index contributed by atoms with van der Waals surface area (Å²) in [5.41, 5.74) is 0.768. The zero-order valence-corrected chi connectivity index (χ0v) is 12.9. The second-order valence-electron chi connectivity index (χ2n) is 6.71. The number of aliphatic carboxylic acids is 1. The predicted octanol–water partition coefficient (Wildman–Crippen LogP) is 2.51. The maximum atomic E-state index is 12.6. The van der Waals surface area contributed by atoms with Crippen molar-refractivity contribution in [1.82, 2.24) is 5.32 Å². The number of aryl methyl sites for hydroxylation is 1. The topological polar surface area (TPSA) is 66.4 Å². The quantitative estimate of drug-likeness (QED) is 0.895. The molecule has 0 saturated carbocycles. The minimum atomic E-state index is -0.958. The van der Waals surface area contributed by atoms with Gasteiger partial charge in [0.2, 0.25) is 5.91 Å². The predicted molar refractivity (Wildman–Crippen MR) is 81.2 cm³/mol. The molecular formula is C17H23NO3. The van der Waals surface area contributed by atoms with Gasteiger partial charge in [-0.3, -0.25) is 9.59 Å². The van der Waals surface area contributed by atoms with Gasteiger partial charge in [0.25, 0.3) is 0 Å². The van der Waals surface area contributed by atoms with E-state index in [-0.39, 0.29) is 12.5 Å². The lowest BCUT2D eigenvalue weighted by atomic mass is 9.70. The van der Waals surface area contributed by atoms with E-state index in [0.29, 0.717) is 0 Å². The van der Waals surface area contributed by atoms with Gasteiger partial charge in [-0.1, -0.05) is 24.3 Å². The molecule has 1 unspecified atom stereocenters. The van der Waals surface area contributed by atoms with Crippen LogP contribution in [0.4, 0.5) is 0 Å². The van der Waals surface area contributed by atoms with Crippen molar-refractivity contribution >= 4 is 11.9 Å². The zero-order valence-electron chi connectivity index (χ0n) is 12.9. The number of hydrogen-bond acceptors (Lipinski definition) is 2. The second kappa shape index (κ2) is 5.51. The first-order chi connectivity index (χ1) is 9.77. The Morgan fingerprint density at radius 2 is 2.00 bits per heavy atom. The summed E-state index contributed by atoms with van der Waals surface area (Å²) in [5, 5.41) is 12.0. The zero-order chi connectivity index (χ0) is 15.7. The van der Waals surface area contributed by atoms with Crippen LogP contribution in [-0.2, 0) is 21.4 Å². The molecule has 0 spiro atoms. The highest BCUT2D eigenvalue weighted by atomic mass is 16.4. The highest BCUT2D eigenvalue weighted by Gasteiger charge is 2.39. The minimum Gasteiger partial charge on any atom is -0.481 e. The van der Waals surface area contributed by atoms with E-state index < -0.39 is 16.8 Å². The number of carbonyl (C=O) groups excluding carboxylic acids is 1. The molecule has 1 atom stereocenters. The third-order valence-electron chi connectivity index (χ3n) is 4.51. The van der Waals surface area contributed by atoms with Gasteiger partial charge in [-0.15, -0.1) is 0 Å². The normalized spacial score (nSPS) is 21.5. The van der Waals surface area contributed by atoms with Gasteiger partial charge in [0.1, 0.15) is 0 Å². The Morgan fingerprint density at radius 3 is 2.67 bits per heavy atom. The van der Waals surface area contributed by atoms with Gasteiger partial charge in [0.15, 0.2) is 0 Å². The van der Waals surface area contributed by atoms with Crippen molar-refractivity contribution in [3.8, 4) is 0 Å². The van der Waals surface area contributed by atoms with Crippen LogP contribution < -0.4 is 5.32 Å². The highest BCUT2D eigenvalue weighted by Crippen LogP contribution is 2.37. The molecule has 0 aromatic heterocycles. The smallest absolute Gasteiger partial charge is 0.310 e. The lowest BCUT2D eigenvalue weighted by Crippen LogP contribution is -2.48. The summed E-state index contributed by atoms with van der Waals surface area (Å²) < 4.78 is 0. The maximum Gasteiger partial charge on any atom is 0.310 e. The van der Waals surface area contributed by atoms with Gasteiger partial charge >= 0.3 is 5.97 Å². The van der Waals surface area contributed by atoms with Crippen molar-refractivity contribution < 1.29 is 14.7 Å². The van der Waals surface area contributed by atoms with Crippen LogP contribution >= 0.6 is 0 Å². The lowest BCUT2D eigenvalue weighted by molar-refractivity contribution is -0.147. The van der Waals surface area contributed by atoms with E-state index in [1.165, 1.54) is 5.56 Å². The Bertz CT molecular complexity index is 565. The number of carboxylic acid groups (broad SMARTS) is 1. The minimum absolute atomic E-state index is 0.0797. The van der Waals surface area contributed by atoms with E-state index >= 15 is 0 Å². The highest BCUT2D eigenvalue weighted by molar-refractivity contribution is 5.89. The molecule has 1 aromatic carbocycles. The fraction of sp³-hybridized carbons (Fsp3) is 0.529. The molecule has 1 aliphatic rings. The van der Waals surface area contributed by atoms with Gasteiger partial charge in [-0.05, 0) is 51.2 Å². The van der Waals surface area contributed by atoms with Gasteiger partial charge in [0.05, 0.1) is 10.8 Å². The molecule has 0 fully saturated rings. The number of rotatable bonds is 4. The van der Waals surface area contributed by atoms with E-state index in [0.717, 1.165) is 24.8 Å². The number of benzene rings is 1. The van der Waals surface area contributed by atoms with Crippen LogP contribution in [0.25, 0.3) is 0 Å². The molecule has 0 radical (unpaired) electrons. The van der Waals surface area contributed by atoms with Crippen LogP contribution in [0.5, 0.6) is 0 Å². The number of amides is 1. The molecule has 0 aliphatic heterocycles. The molecule has 2 rings (SSSR count). The summed E-state index contributed by atoms with van der Waals surface area (Å²) in [6.45, 7) is 5.33. The number of carboxylic acids is 1. The molecule has 114 valence electrons. The number of carbonyl (C=O) groups is 2. The monoisotopic (exact) mass is 289 g/mol. The third kappa shape index (κ3) is 2.94. The van der Waals surface area contributed by atoms with Crippen LogP contribution in [0.3, 0.4) is 0 Å². The first-order valence-electron chi connectivity index (χ1n) is 7.37. The second-order valence-corrected chi connectivity index (χ2v) is 6.71. The molecule has 1 aliphatic carbocycles. The van der Waals surface area contributed by atoms with E-state index in [2.05, 4.69) is 11.4 Å².